The Morgan fingerprint density at radius 1 is 0.930 bits per heavy atom. The van der Waals surface area contributed by atoms with Gasteiger partial charge in [0.15, 0.2) is 5.78 Å². The van der Waals surface area contributed by atoms with Crippen molar-refractivity contribution in [3.05, 3.63) is 102 Å². The summed E-state index contributed by atoms with van der Waals surface area (Å²) in [4.78, 5) is 57.1. The lowest BCUT2D eigenvalue weighted by atomic mass is 9.82. The molecule has 5 aromatic rings. The first kappa shape index (κ1) is 39.3. The molecule has 2 aliphatic heterocycles. The van der Waals surface area contributed by atoms with Gasteiger partial charge in [-0.3, -0.25) is 19.9 Å². The van der Waals surface area contributed by atoms with E-state index in [9.17, 15) is 14.4 Å². The van der Waals surface area contributed by atoms with Gasteiger partial charge in [0, 0.05) is 92.5 Å². The highest BCUT2D eigenvalue weighted by atomic mass is 16.6. The zero-order chi connectivity index (χ0) is 40.1. The number of nitrogens with zero attached hydrogens (tertiary/aromatic N) is 8. The van der Waals surface area contributed by atoms with E-state index in [1.54, 1.807) is 24.7 Å². The van der Waals surface area contributed by atoms with Gasteiger partial charge in [0.2, 0.25) is 0 Å². The summed E-state index contributed by atoms with van der Waals surface area (Å²) in [6.45, 7) is 12.6. The smallest absolute Gasteiger partial charge is 0.412 e. The summed E-state index contributed by atoms with van der Waals surface area (Å²) in [5.74, 6) is -0.655. The number of anilines is 3. The second-order valence-corrected chi connectivity index (χ2v) is 16.1. The number of carbonyl (C=O) groups excluding carboxylic acids is 3. The van der Waals surface area contributed by atoms with Crippen LogP contribution >= 0.6 is 0 Å². The molecule has 14 nitrogen and oxygen atoms in total. The molecule has 0 aliphatic carbocycles. The van der Waals surface area contributed by atoms with Crippen LogP contribution in [-0.2, 0) is 27.3 Å². The number of carbonyl (C=O) groups is 3. The molecule has 57 heavy (non-hydrogen) atoms. The summed E-state index contributed by atoms with van der Waals surface area (Å²) in [5.41, 5.74) is 3.85. The van der Waals surface area contributed by atoms with E-state index in [1.807, 2.05) is 80.2 Å². The highest BCUT2D eigenvalue weighted by molar-refractivity contribution is 6.06. The lowest BCUT2D eigenvalue weighted by Crippen LogP contribution is -2.48. The average molecular weight is 774 g/mol. The number of fused-ring (bicyclic) bond motifs is 1. The standard InChI is InChI=1S/C43H51N9O5/c1-29-26-51(27-33(23-39(54)57-43(2,3)4)41(29)52-16-15-45-48-52)37-13-14-44-25-32(37)22-38(53)40-36(47-42(55)56-28-30-9-7-6-8-10-30)21-31-11-12-34(24-35(31)46-40)50-19-17-49(5)18-20-50/h6-16,21,24-25,29,33,41H,17-20,22-23,26-28H2,1-5H3,(H,47,55)/t29-,33+,41-/m0/s1. The second kappa shape index (κ2) is 17.1. The number of likely N-dealkylation sites (N-methyl/N-ethyl adjacent to an activating group) is 1. The third-order valence-electron chi connectivity index (χ3n) is 10.6. The number of ether oxygens (including phenoxy) is 2. The van der Waals surface area contributed by atoms with Gasteiger partial charge in [-0.05, 0) is 63.6 Å². The van der Waals surface area contributed by atoms with Crippen molar-refractivity contribution in [2.75, 3.05) is 61.4 Å². The quantitative estimate of drug-likeness (QED) is 0.121. The Labute approximate surface area is 333 Å². The zero-order valence-corrected chi connectivity index (χ0v) is 33.3. The molecule has 0 saturated carbocycles. The van der Waals surface area contributed by atoms with Crippen molar-refractivity contribution in [3.63, 3.8) is 0 Å². The number of amides is 1. The van der Waals surface area contributed by atoms with E-state index in [2.05, 4.69) is 55.4 Å². The van der Waals surface area contributed by atoms with Gasteiger partial charge in [-0.2, -0.15) is 0 Å². The average Bonchev–Trinajstić information content (AvgIpc) is 3.71. The number of Topliss-reactive ketones (excluding diaryl/α,β-unsaturated/α-hetero) is 1. The first-order chi connectivity index (χ1) is 27.4. The number of benzene rings is 2. The Bertz CT molecular complexity index is 2180. The van der Waals surface area contributed by atoms with Crippen molar-refractivity contribution in [1.29, 1.82) is 0 Å². The maximum absolute atomic E-state index is 14.5. The van der Waals surface area contributed by atoms with Crippen LogP contribution in [0.5, 0.6) is 0 Å². The molecule has 5 heterocycles. The van der Waals surface area contributed by atoms with Crippen molar-refractivity contribution < 1.29 is 23.9 Å². The van der Waals surface area contributed by atoms with Crippen LogP contribution in [0.25, 0.3) is 10.9 Å². The molecule has 0 bridgehead atoms. The molecule has 2 fully saturated rings. The molecule has 0 unspecified atom stereocenters. The molecule has 1 amide bonds. The number of pyridine rings is 2. The Balaban J connectivity index is 1.17. The van der Waals surface area contributed by atoms with Gasteiger partial charge in [0.05, 0.1) is 29.9 Å². The lowest BCUT2D eigenvalue weighted by Gasteiger charge is -2.44. The van der Waals surface area contributed by atoms with Crippen molar-refractivity contribution in [3.8, 4) is 0 Å². The van der Waals surface area contributed by atoms with Gasteiger partial charge >= 0.3 is 12.1 Å². The molecular weight excluding hydrogens is 723 g/mol. The summed E-state index contributed by atoms with van der Waals surface area (Å²) >= 11 is 0. The summed E-state index contributed by atoms with van der Waals surface area (Å²) < 4.78 is 13.1. The molecule has 3 aromatic heterocycles. The van der Waals surface area contributed by atoms with E-state index in [-0.39, 0.29) is 60.5 Å². The molecule has 298 valence electrons. The third-order valence-corrected chi connectivity index (χ3v) is 10.6. The molecule has 2 aromatic carbocycles. The Hall–Kier alpha value is -5.89. The van der Waals surface area contributed by atoms with E-state index in [0.717, 1.165) is 48.5 Å². The van der Waals surface area contributed by atoms with Crippen LogP contribution in [-0.4, -0.2) is 99.6 Å². The number of aromatic nitrogens is 5. The first-order valence-electron chi connectivity index (χ1n) is 19.5. The van der Waals surface area contributed by atoms with Crippen molar-refractivity contribution in [1.82, 2.24) is 29.9 Å². The van der Waals surface area contributed by atoms with Crippen LogP contribution < -0.4 is 15.1 Å². The topological polar surface area (TPSA) is 148 Å². The monoisotopic (exact) mass is 773 g/mol. The first-order valence-corrected chi connectivity index (χ1v) is 19.5. The van der Waals surface area contributed by atoms with Crippen molar-refractivity contribution in [2.24, 2.45) is 11.8 Å². The number of nitrogens with one attached hydrogen (secondary N) is 1. The fraction of sp³-hybridized carbons (Fsp3) is 0.419. The fourth-order valence-electron chi connectivity index (χ4n) is 7.93. The summed E-state index contributed by atoms with van der Waals surface area (Å²) in [6, 6.07) is 19.1. The van der Waals surface area contributed by atoms with Crippen LogP contribution in [0.2, 0.25) is 0 Å². The number of esters is 1. The number of hydrogen-bond donors (Lipinski definition) is 1. The molecule has 2 aliphatic rings. The zero-order valence-electron chi connectivity index (χ0n) is 33.3. The number of piperazine rings is 1. The molecule has 3 atom stereocenters. The van der Waals surface area contributed by atoms with E-state index < -0.39 is 11.7 Å². The Morgan fingerprint density at radius 2 is 1.72 bits per heavy atom. The SMILES string of the molecule is C[C@H]1CN(c2ccncc2CC(=O)c2nc3cc(N4CCN(C)CC4)ccc3cc2NC(=O)OCc2ccccc2)C[C@@H](CC(=O)OC(C)(C)C)[C@H]1n1ccnn1. The summed E-state index contributed by atoms with van der Waals surface area (Å²) in [5, 5.41) is 12.0. The highest BCUT2D eigenvalue weighted by Gasteiger charge is 2.39. The number of hydrogen-bond acceptors (Lipinski definition) is 12. The largest absolute Gasteiger partial charge is 0.460 e. The van der Waals surface area contributed by atoms with Crippen molar-refractivity contribution >= 4 is 45.8 Å². The van der Waals surface area contributed by atoms with E-state index in [1.165, 1.54) is 0 Å². The van der Waals surface area contributed by atoms with Crippen LogP contribution in [0.1, 0.15) is 61.8 Å². The van der Waals surface area contributed by atoms with Crippen LogP contribution in [0.15, 0.2) is 85.5 Å². The third kappa shape index (κ3) is 9.74. The molecule has 0 radical (unpaired) electrons. The maximum Gasteiger partial charge on any atom is 0.412 e. The van der Waals surface area contributed by atoms with Crippen LogP contribution in [0.3, 0.4) is 0 Å². The minimum Gasteiger partial charge on any atom is -0.460 e. The van der Waals surface area contributed by atoms with E-state index in [4.69, 9.17) is 14.5 Å². The molecule has 1 N–H and O–H groups in total. The molecule has 0 spiro atoms. The van der Waals surface area contributed by atoms with Gasteiger partial charge < -0.3 is 24.2 Å². The lowest BCUT2D eigenvalue weighted by molar-refractivity contribution is -0.156. The van der Waals surface area contributed by atoms with E-state index >= 15 is 0 Å². The van der Waals surface area contributed by atoms with Gasteiger partial charge in [-0.15, -0.1) is 5.10 Å². The number of rotatable bonds is 11. The minimum atomic E-state index is -0.689. The fourth-order valence-corrected chi connectivity index (χ4v) is 7.93. The Kier molecular flexibility index (Phi) is 11.8. The van der Waals surface area contributed by atoms with Crippen molar-refractivity contribution in [2.45, 2.75) is 58.8 Å². The summed E-state index contributed by atoms with van der Waals surface area (Å²) in [7, 11) is 2.12. The predicted octanol–water partition coefficient (Wildman–Crippen LogP) is 6.19. The van der Waals surface area contributed by atoms with Gasteiger partial charge in [-0.1, -0.05) is 48.5 Å². The molecule has 7 rings (SSSR count). The maximum atomic E-state index is 14.5. The predicted molar refractivity (Wildman–Crippen MR) is 218 cm³/mol. The summed E-state index contributed by atoms with van der Waals surface area (Å²) in [6.07, 6.45) is 6.38. The normalized spacial score (nSPS) is 19.0. The van der Waals surface area contributed by atoms with Crippen LogP contribution in [0, 0.1) is 11.8 Å². The van der Waals surface area contributed by atoms with E-state index in [0.29, 0.717) is 24.2 Å². The number of piperidine rings is 1. The van der Waals surface area contributed by atoms with Crippen LogP contribution in [0.4, 0.5) is 21.9 Å². The highest BCUT2D eigenvalue weighted by Crippen LogP contribution is 2.38. The number of ketones is 1. The van der Waals surface area contributed by atoms with Gasteiger partial charge in [0.25, 0.3) is 0 Å². The second-order valence-electron chi connectivity index (χ2n) is 16.1. The molecular formula is C43H51N9O5. The minimum absolute atomic E-state index is 0.0261. The molecule has 2 saturated heterocycles. The Morgan fingerprint density at radius 3 is 2.46 bits per heavy atom. The van der Waals surface area contributed by atoms with Gasteiger partial charge in [0.1, 0.15) is 17.9 Å². The molecule has 14 heteroatoms. The van der Waals surface area contributed by atoms with Gasteiger partial charge in [-0.25, -0.2) is 14.5 Å².